The molecular formula is C9H10FNO. The van der Waals surface area contributed by atoms with Crippen molar-refractivity contribution < 1.29 is 9.22 Å². The SMILES string of the molecule is FNC1COc2ccccc2C1. The maximum atomic E-state index is 12.0. The summed E-state index contributed by atoms with van der Waals surface area (Å²) in [6, 6.07) is 7.52. The summed E-state index contributed by atoms with van der Waals surface area (Å²) >= 11 is 0. The van der Waals surface area contributed by atoms with Gasteiger partial charge in [-0.2, -0.15) is 5.54 Å². The predicted octanol–water partition coefficient (Wildman–Crippen LogP) is 1.46. The van der Waals surface area contributed by atoms with E-state index in [9.17, 15) is 4.48 Å². The molecule has 0 radical (unpaired) electrons. The van der Waals surface area contributed by atoms with Gasteiger partial charge in [0.2, 0.25) is 0 Å². The Morgan fingerprint density at radius 3 is 3.08 bits per heavy atom. The van der Waals surface area contributed by atoms with Crippen LogP contribution in [0, 0.1) is 0 Å². The molecule has 0 saturated heterocycles. The van der Waals surface area contributed by atoms with Gasteiger partial charge in [-0.05, 0) is 18.1 Å². The first-order valence-electron chi connectivity index (χ1n) is 3.97. The van der Waals surface area contributed by atoms with Gasteiger partial charge in [-0.1, -0.05) is 18.2 Å². The van der Waals surface area contributed by atoms with Crippen molar-refractivity contribution >= 4 is 0 Å². The molecule has 0 spiro atoms. The van der Waals surface area contributed by atoms with Crippen LogP contribution < -0.4 is 10.3 Å². The van der Waals surface area contributed by atoms with Crippen LogP contribution in [0.25, 0.3) is 0 Å². The molecule has 1 aliphatic heterocycles. The van der Waals surface area contributed by atoms with Gasteiger partial charge < -0.3 is 4.74 Å². The molecular weight excluding hydrogens is 157 g/mol. The molecule has 1 atom stereocenters. The molecule has 1 aromatic rings. The first-order valence-corrected chi connectivity index (χ1v) is 3.97. The summed E-state index contributed by atoms with van der Waals surface area (Å²) in [6.07, 6.45) is 0.701. The van der Waals surface area contributed by atoms with E-state index >= 15 is 0 Å². The molecule has 0 fully saturated rings. The van der Waals surface area contributed by atoms with E-state index in [-0.39, 0.29) is 6.04 Å². The Kier molecular flexibility index (Phi) is 1.96. The van der Waals surface area contributed by atoms with Gasteiger partial charge in [0.05, 0.1) is 6.04 Å². The summed E-state index contributed by atoms with van der Waals surface area (Å²) < 4.78 is 17.4. The van der Waals surface area contributed by atoms with Gasteiger partial charge >= 0.3 is 0 Å². The zero-order valence-electron chi connectivity index (χ0n) is 6.59. The zero-order chi connectivity index (χ0) is 8.39. The summed E-state index contributed by atoms with van der Waals surface area (Å²) in [5, 5.41) is 0. The standard InChI is InChI=1S/C9H10FNO/c10-11-8-5-7-3-1-2-4-9(7)12-6-8/h1-4,8,11H,5-6H2. The number of nitrogens with one attached hydrogen (secondary N) is 1. The molecule has 64 valence electrons. The van der Waals surface area contributed by atoms with Gasteiger partial charge in [-0.15, -0.1) is 4.48 Å². The lowest BCUT2D eigenvalue weighted by atomic mass is 10.0. The third kappa shape index (κ3) is 1.28. The minimum atomic E-state index is -0.195. The van der Waals surface area contributed by atoms with E-state index in [1.54, 1.807) is 5.54 Å². The van der Waals surface area contributed by atoms with Crippen molar-refractivity contribution in [3.63, 3.8) is 0 Å². The van der Waals surface area contributed by atoms with Gasteiger partial charge in [0.15, 0.2) is 0 Å². The first-order chi connectivity index (χ1) is 5.90. The van der Waals surface area contributed by atoms with E-state index in [0.717, 1.165) is 11.3 Å². The molecule has 1 N–H and O–H groups in total. The fraction of sp³-hybridized carbons (Fsp3) is 0.333. The molecule has 0 saturated carbocycles. The van der Waals surface area contributed by atoms with Crippen LogP contribution in [0.2, 0.25) is 0 Å². The topological polar surface area (TPSA) is 21.3 Å². The third-order valence-corrected chi connectivity index (χ3v) is 2.03. The highest BCUT2D eigenvalue weighted by atomic mass is 19.2. The van der Waals surface area contributed by atoms with Crippen LogP contribution in [0.15, 0.2) is 24.3 Å². The summed E-state index contributed by atoms with van der Waals surface area (Å²) in [4.78, 5) is 0. The number of hydrogen-bond acceptors (Lipinski definition) is 2. The minimum absolute atomic E-state index is 0.195. The van der Waals surface area contributed by atoms with Crippen LogP contribution in [-0.2, 0) is 6.42 Å². The molecule has 2 nitrogen and oxygen atoms in total. The average molecular weight is 167 g/mol. The van der Waals surface area contributed by atoms with Gasteiger partial charge in [-0.3, -0.25) is 0 Å². The van der Waals surface area contributed by atoms with Crippen LogP contribution in [0.4, 0.5) is 4.48 Å². The molecule has 0 aliphatic carbocycles. The highest BCUT2D eigenvalue weighted by Crippen LogP contribution is 2.23. The number of fused-ring (bicyclic) bond motifs is 1. The van der Waals surface area contributed by atoms with Crippen LogP contribution in [-0.4, -0.2) is 12.6 Å². The van der Waals surface area contributed by atoms with Gasteiger partial charge in [0.25, 0.3) is 0 Å². The van der Waals surface area contributed by atoms with Crippen molar-refractivity contribution in [3.8, 4) is 5.75 Å². The minimum Gasteiger partial charge on any atom is -0.492 e. The average Bonchev–Trinajstić information content (AvgIpc) is 2.17. The Morgan fingerprint density at radius 1 is 1.42 bits per heavy atom. The third-order valence-electron chi connectivity index (χ3n) is 2.03. The molecule has 0 bridgehead atoms. The number of hydrogen-bond donors (Lipinski definition) is 1. The highest BCUT2D eigenvalue weighted by Gasteiger charge is 2.18. The van der Waals surface area contributed by atoms with Gasteiger partial charge in [0, 0.05) is 0 Å². The fourth-order valence-electron chi connectivity index (χ4n) is 1.40. The Bertz CT molecular complexity index is 277. The largest absolute Gasteiger partial charge is 0.492 e. The lowest BCUT2D eigenvalue weighted by molar-refractivity contribution is 0.173. The number of ether oxygens (including phenoxy) is 1. The second kappa shape index (κ2) is 3.11. The summed E-state index contributed by atoms with van der Waals surface area (Å²) in [5.74, 6) is 0.879. The number of benzene rings is 1. The lowest BCUT2D eigenvalue weighted by Crippen LogP contribution is -2.34. The molecule has 0 aromatic heterocycles. The van der Waals surface area contributed by atoms with Crippen LogP contribution >= 0.6 is 0 Å². The first kappa shape index (κ1) is 7.55. The van der Waals surface area contributed by atoms with Crippen molar-refractivity contribution in [1.29, 1.82) is 0 Å². The zero-order valence-corrected chi connectivity index (χ0v) is 6.59. The fourth-order valence-corrected chi connectivity index (χ4v) is 1.40. The molecule has 1 heterocycles. The normalized spacial score (nSPS) is 21.2. The van der Waals surface area contributed by atoms with Crippen molar-refractivity contribution in [3.05, 3.63) is 29.8 Å². The van der Waals surface area contributed by atoms with Gasteiger partial charge in [-0.25, -0.2) is 0 Å². The molecule has 2 rings (SSSR count). The van der Waals surface area contributed by atoms with Crippen molar-refractivity contribution in [1.82, 2.24) is 5.54 Å². The van der Waals surface area contributed by atoms with E-state index < -0.39 is 0 Å². The second-order valence-corrected chi connectivity index (χ2v) is 2.93. The van der Waals surface area contributed by atoms with Crippen LogP contribution in [0.5, 0.6) is 5.75 Å². The number of rotatable bonds is 1. The number of para-hydroxylation sites is 1. The Labute approximate surface area is 70.3 Å². The van der Waals surface area contributed by atoms with Gasteiger partial charge in [0.1, 0.15) is 12.4 Å². The highest BCUT2D eigenvalue weighted by molar-refractivity contribution is 5.35. The maximum Gasteiger partial charge on any atom is 0.122 e. The monoisotopic (exact) mass is 167 g/mol. The van der Waals surface area contributed by atoms with Crippen LogP contribution in [0.3, 0.4) is 0 Å². The molecule has 1 aromatic carbocycles. The van der Waals surface area contributed by atoms with E-state index in [1.165, 1.54) is 0 Å². The Hall–Kier alpha value is -1.09. The summed E-state index contributed by atoms with van der Waals surface area (Å²) in [5.41, 5.74) is 2.79. The number of halogens is 1. The molecule has 3 heteroatoms. The van der Waals surface area contributed by atoms with E-state index in [4.69, 9.17) is 4.74 Å². The quantitative estimate of drug-likeness (QED) is 0.639. The van der Waals surface area contributed by atoms with Crippen molar-refractivity contribution in [2.24, 2.45) is 0 Å². The molecule has 1 unspecified atom stereocenters. The summed E-state index contributed by atoms with van der Waals surface area (Å²) in [7, 11) is 0. The van der Waals surface area contributed by atoms with E-state index in [0.29, 0.717) is 13.0 Å². The molecule has 12 heavy (non-hydrogen) atoms. The summed E-state index contributed by atoms with van der Waals surface area (Å²) in [6.45, 7) is 0.410. The Balaban J connectivity index is 2.23. The van der Waals surface area contributed by atoms with E-state index in [1.807, 2.05) is 24.3 Å². The lowest BCUT2D eigenvalue weighted by Gasteiger charge is -2.22. The smallest absolute Gasteiger partial charge is 0.122 e. The Morgan fingerprint density at radius 2 is 2.25 bits per heavy atom. The van der Waals surface area contributed by atoms with Crippen molar-refractivity contribution in [2.45, 2.75) is 12.5 Å². The molecule has 1 aliphatic rings. The molecule has 0 amide bonds. The van der Waals surface area contributed by atoms with Crippen molar-refractivity contribution in [2.75, 3.05) is 6.61 Å². The van der Waals surface area contributed by atoms with E-state index in [2.05, 4.69) is 0 Å². The maximum absolute atomic E-state index is 12.0. The predicted molar refractivity (Wildman–Crippen MR) is 43.7 cm³/mol. The van der Waals surface area contributed by atoms with Crippen LogP contribution in [0.1, 0.15) is 5.56 Å². The second-order valence-electron chi connectivity index (χ2n) is 2.93.